The van der Waals surface area contributed by atoms with E-state index in [0.717, 1.165) is 55.7 Å². The third-order valence-corrected chi connectivity index (χ3v) is 6.15. The zero-order chi connectivity index (χ0) is 22.8. The minimum absolute atomic E-state index is 0.00616. The number of aromatic nitrogens is 3. The number of nitrogens with one attached hydrogen (secondary N) is 1. The normalized spacial score (nSPS) is 16.9. The summed E-state index contributed by atoms with van der Waals surface area (Å²) in [6.45, 7) is 4.45. The van der Waals surface area contributed by atoms with Gasteiger partial charge in [0.25, 0.3) is 5.56 Å². The Hall–Kier alpha value is -3.11. The van der Waals surface area contributed by atoms with Crippen LogP contribution >= 0.6 is 0 Å². The summed E-state index contributed by atoms with van der Waals surface area (Å²) in [5, 5.41) is 3.55. The van der Waals surface area contributed by atoms with Gasteiger partial charge in [-0.3, -0.25) is 9.78 Å². The Labute approximate surface area is 189 Å². The first kappa shape index (κ1) is 21.7. The number of benzene rings is 1. The molecule has 2 aromatic heterocycles. The average Bonchev–Trinajstić information content (AvgIpc) is 2.82. The molecule has 0 atom stereocenters. The number of fused-ring (bicyclic) bond motifs is 2. The SMILES string of the molecule is O=c1cnc2c(F)cc(F)cc2n1CCN1CCC(NCc2cc3c(cn2)OCCO3)CC1. The second-order valence-corrected chi connectivity index (χ2v) is 8.32. The lowest BCUT2D eigenvalue weighted by molar-refractivity contribution is 0.170. The van der Waals surface area contributed by atoms with Gasteiger partial charge in [-0.1, -0.05) is 0 Å². The van der Waals surface area contributed by atoms with E-state index in [1.165, 1.54) is 4.57 Å². The topological polar surface area (TPSA) is 81.5 Å². The number of pyridine rings is 1. The highest BCUT2D eigenvalue weighted by molar-refractivity contribution is 5.75. The van der Waals surface area contributed by atoms with E-state index in [1.807, 2.05) is 6.07 Å². The van der Waals surface area contributed by atoms with E-state index < -0.39 is 11.6 Å². The van der Waals surface area contributed by atoms with E-state index in [2.05, 4.69) is 20.2 Å². The predicted molar refractivity (Wildman–Crippen MR) is 117 cm³/mol. The Morgan fingerprint density at radius 2 is 1.79 bits per heavy atom. The Balaban J connectivity index is 1.14. The van der Waals surface area contributed by atoms with E-state index in [9.17, 15) is 13.6 Å². The molecule has 3 aromatic rings. The summed E-state index contributed by atoms with van der Waals surface area (Å²) in [5.74, 6) is -0.0648. The fraction of sp³-hybridized carbons (Fsp3) is 0.435. The van der Waals surface area contributed by atoms with Crippen molar-refractivity contribution in [2.75, 3.05) is 32.8 Å². The first-order chi connectivity index (χ1) is 16.1. The molecule has 0 spiro atoms. The molecule has 0 saturated carbocycles. The van der Waals surface area contributed by atoms with Crippen LogP contribution in [0.3, 0.4) is 0 Å². The molecular weight excluding hydrogens is 432 g/mol. The molecular formula is C23H25F2N5O3. The minimum atomic E-state index is -0.766. The largest absolute Gasteiger partial charge is 0.486 e. The van der Waals surface area contributed by atoms with Crippen LogP contribution in [0, 0.1) is 11.6 Å². The molecule has 8 nitrogen and oxygen atoms in total. The van der Waals surface area contributed by atoms with Crippen molar-refractivity contribution in [2.45, 2.75) is 32.0 Å². The number of piperidine rings is 1. The van der Waals surface area contributed by atoms with Gasteiger partial charge in [-0.2, -0.15) is 0 Å². The van der Waals surface area contributed by atoms with Crippen LogP contribution in [0.4, 0.5) is 8.78 Å². The summed E-state index contributed by atoms with van der Waals surface area (Å²) in [7, 11) is 0. The molecule has 1 aromatic carbocycles. The molecule has 174 valence electrons. The number of hydrogen-bond acceptors (Lipinski definition) is 7. The predicted octanol–water partition coefficient (Wildman–Crippen LogP) is 2.10. The second-order valence-electron chi connectivity index (χ2n) is 8.32. The molecule has 33 heavy (non-hydrogen) atoms. The number of hydrogen-bond donors (Lipinski definition) is 1. The summed E-state index contributed by atoms with van der Waals surface area (Å²) in [6.07, 6.45) is 4.71. The van der Waals surface area contributed by atoms with E-state index in [4.69, 9.17) is 9.47 Å². The van der Waals surface area contributed by atoms with Gasteiger partial charge in [-0.15, -0.1) is 0 Å². The van der Waals surface area contributed by atoms with Crippen molar-refractivity contribution in [2.24, 2.45) is 0 Å². The monoisotopic (exact) mass is 457 g/mol. The number of likely N-dealkylation sites (tertiary alicyclic amines) is 1. The zero-order valence-electron chi connectivity index (χ0n) is 18.1. The van der Waals surface area contributed by atoms with Crippen LogP contribution in [-0.2, 0) is 13.1 Å². The summed E-state index contributed by atoms with van der Waals surface area (Å²) < 4.78 is 40.2. The van der Waals surface area contributed by atoms with Gasteiger partial charge in [0.15, 0.2) is 17.3 Å². The molecule has 4 heterocycles. The van der Waals surface area contributed by atoms with Crippen LogP contribution in [0.2, 0.25) is 0 Å². The first-order valence-electron chi connectivity index (χ1n) is 11.1. The van der Waals surface area contributed by atoms with E-state index in [-0.39, 0.29) is 16.6 Å². The fourth-order valence-electron chi connectivity index (χ4n) is 4.36. The maximum atomic E-state index is 14.0. The number of halogens is 2. The lowest BCUT2D eigenvalue weighted by atomic mass is 10.0. The quantitative estimate of drug-likeness (QED) is 0.607. The molecule has 1 N–H and O–H groups in total. The molecule has 0 aliphatic carbocycles. The number of rotatable bonds is 6. The van der Waals surface area contributed by atoms with Crippen LogP contribution in [-0.4, -0.2) is 58.3 Å². The number of ether oxygens (including phenoxy) is 2. The molecule has 2 aliphatic rings. The van der Waals surface area contributed by atoms with Crippen molar-refractivity contribution in [3.63, 3.8) is 0 Å². The maximum absolute atomic E-state index is 14.0. The summed E-state index contributed by atoms with van der Waals surface area (Å²) >= 11 is 0. The molecule has 1 saturated heterocycles. The van der Waals surface area contributed by atoms with E-state index in [0.29, 0.717) is 44.6 Å². The van der Waals surface area contributed by atoms with Crippen molar-refractivity contribution in [1.82, 2.24) is 24.8 Å². The Morgan fingerprint density at radius 1 is 1.00 bits per heavy atom. The smallest absolute Gasteiger partial charge is 0.269 e. The Bertz CT molecular complexity index is 1210. The van der Waals surface area contributed by atoms with Crippen molar-refractivity contribution >= 4 is 11.0 Å². The van der Waals surface area contributed by atoms with Crippen LogP contribution in [0.25, 0.3) is 11.0 Å². The fourth-order valence-corrected chi connectivity index (χ4v) is 4.36. The van der Waals surface area contributed by atoms with Gasteiger partial charge in [-0.25, -0.2) is 13.8 Å². The number of nitrogens with zero attached hydrogens (tertiary/aromatic N) is 4. The van der Waals surface area contributed by atoms with Gasteiger partial charge in [0.2, 0.25) is 0 Å². The lowest BCUT2D eigenvalue weighted by Crippen LogP contribution is -2.43. The highest BCUT2D eigenvalue weighted by Crippen LogP contribution is 2.29. The second kappa shape index (κ2) is 9.40. The molecule has 0 unspecified atom stereocenters. The molecule has 0 radical (unpaired) electrons. The molecule has 0 amide bonds. The summed E-state index contributed by atoms with van der Waals surface area (Å²) in [6, 6.07) is 4.22. The van der Waals surface area contributed by atoms with Crippen LogP contribution in [0.1, 0.15) is 18.5 Å². The lowest BCUT2D eigenvalue weighted by Gasteiger charge is -2.32. The highest BCUT2D eigenvalue weighted by atomic mass is 19.1. The maximum Gasteiger partial charge on any atom is 0.269 e. The van der Waals surface area contributed by atoms with Crippen LogP contribution < -0.4 is 20.3 Å². The third kappa shape index (κ3) is 4.81. The van der Waals surface area contributed by atoms with Crippen molar-refractivity contribution in [3.05, 3.63) is 58.3 Å². The summed E-state index contributed by atoms with van der Waals surface area (Å²) in [4.78, 5) is 22.8. The van der Waals surface area contributed by atoms with Gasteiger partial charge in [0.05, 0.1) is 23.6 Å². The van der Waals surface area contributed by atoms with Crippen molar-refractivity contribution < 1.29 is 18.3 Å². The molecule has 5 rings (SSSR count). The van der Waals surface area contributed by atoms with E-state index in [1.54, 1.807) is 6.20 Å². The molecule has 0 bridgehead atoms. The van der Waals surface area contributed by atoms with Crippen LogP contribution in [0.15, 0.2) is 35.4 Å². The van der Waals surface area contributed by atoms with Gasteiger partial charge < -0.3 is 24.3 Å². The van der Waals surface area contributed by atoms with Crippen molar-refractivity contribution in [3.8, 4) is 11.5 Å². The van der Waals surface area contributed by atoms with Gasteiger partial charge in [0.1, 0.15) is 24.5 Å². The minimum Gasteiger partial charge on any atom is -0.486 e. The standard InChI is InChI=1S/C23H25F2N5O3/c24-15-9-18(25)23-19(10-15)30(22(31)14-28-23)6-5-29-3-1-16(2-4-29)26-12-17-11-20-21(13-27-17)33-8-7-32-20/h9-11,13-14,16,26H,1-8,12H2. The third-order valence-electron chi connectivity index (χ3n) is 6.15. The Kier molecular flexibility index (Phi) is 6.19. The van der Waals surface area contributed by atoms with Crippen molar-refractivity contribution in [1.29, 1.82) is 0 Å². The molecule has 10 heteroatoms. The zero-order valence-corrected chi connectivity index (χ0v) is 18.1. The first-order valence-corrected chi connectivity index (χ1v) is 11.1. The van der Waals surface area contributed by atoms with Gasteiger partial charge in [0, 0.05) is 43.9 Å². The average molecular weight is 457 g/mol. The molecule has 2 aliphatic heterocycles. The summed E-state index contributed by atoms with van der Waals surface area (Å²) in [5.41, 5.74) is 0.733. The van der Waals surface area contributed by atoms with Gasteiger partial charge in [-0.05, 0) is 25.9 Å². The molecule has 1 fully saturated rings. The van der Waals surface area contributed by atoms with Crippen LogP contribution in [0.5, 0.6) is 11.5 Å². The highest BCUT2D eigenvalue weighted by Gasteiger charge is 2.20. The van der Waals surface area contributed by atoms with E-state index >= 15 is 0 Å². The van der Waals surface area contributed by atoms with Gasteiger partial charge >= 0.3 is 0 Å². The Morgan fingerprint density at radius 3 is 2.61 bits per heavy atom.